The lowest BCUT2D eigenvalue weighted by molar-refractivity contribution is -0.121. The van der Waals surface area contributed by atoms with Crippen LogP contribution in [-0.4, -0.2) is 29.9 Å². The van der Waals surface area contributed by atoms with Crippen LogP contribution in [0.5, 0.6) is 0 Å². The third-order valence-electron chi connectivity index (χ3n) is 4.13. The van der Waals surface area contributed by atoms with Gasteiger partial charge in [0.05, 0.1) is 11.6 Å². The summed E-state index contributed by atoms with van der Waals surface area (Å²) in [5.74, 6) is 0.102. The maximum atomic E-state index is 11.9. The predicted octanol–water partition coefficient (Wildman–Crippen LogP) is 2.44. The number of nitriles is 1. The quantitative estimate of drug-likeness (QED) is 0.873. The fraction of sp³-hybridized carbons (Fsp3) is 0.529. The maximum Gasteiger partial charge on any atom is 0.220 e. The van der Waals surface area contributed by atoms with Gasteiger partial charge in [0.25, 0.3) is 0 Å². The number of hydrogen-bond acceptors (Lipinski definition) is 3. The molecule has 1 amide bonds. The molecule has 1 aliphatic heterocycles. The zero-order valence-corrected chi connectivity index (χ0v) is 12.6. The van der Waals surface area contributed by atoms with Crippen molar-refractivity contribution >= 4 is 5.91 Å². The third kappa shape index (κ3) is 4.87. The number of hydrogen-bond donors (Lipinski definition) is 1. The topological polar surface area (TPSA) is 56.1 Å². The SMILES string of the molecule is CC(CCC(=O)NCc1ccc(C#N)cc1)N1CCCC1. The van der Waals surface area contributed by atoms with E-state index in [-0.39, 0.29) is 5.91 Å². The van der Waals surface area contributed by atoms with E-state index in [1.165, 1.54) is 25.9 Å². The van der Waals surface area contributed by atoms with Gasteiger partial charge in [-0.15, -0.1) is 0 Å². The fourth-order valence-corrected chi connectivity index (χ4v) is 2.69. The third-order valence-corrected chi connectivity index (χ3v) is 4.13. The van der Waals surface area contributed by atoms with Gasteiger partial charge in [0.2, 0.25) is 5.91 Å². The maximum absolute atomic E-state index is 11.9. The Morgan fingerprint density at radius 1 is 1.33 bits per heavy atom. The van der Waals surface area contributed by atoms with Crippen molar-refractivity contribution in [1.29, 1.82) is 5.26 Å². The van der Waals surface area contributed by atoms with Crippen molar-refractivity contribution in [2.24, 2.45) is 0 Å². The molecule has 1 unspecified atom stereocenters. The molecule has 1 aromatic rings. The summed E-state index contributed by atoms with van der Waals surface area (Å²) in [6.45, 7) is 5.09. The molecule has 1 aliphatic rings. The number of benzene rings is 1. The minimum atomic E-state index is 0.102. The summed E-state index contributed by atoms with van der Waals surface area (Å²) in [6.07, 6.45) is 4.07. The molecular formula is C17H23N3O. The summed E-state index contributed by atoms with van der Waals surface area (Å²) in [7, 11) is 0. The molecule has 4 heteroatoms. The van der Waals surface area contributed by atoms with Crippen LogP contribution < -0.4 is 5.32 Å². The first kappa shape index (κ1) is 15.5. The second kappa shape index (κ2) is 7.80. The van der Waals surface area contributed by atoms with Crippen molar-refractivity contribution in [1.82, 2.24) is 10.2 Å². The number of nitrogens with zero attached hydrogens (tertiary/aromatic N) is 2. The Morgan fingerprint density at radius 3 is 2.62 bits per heavy atom. The van der Waals surface area contributed by atoms with Crippen LogP contribution in [0.2, 0.25) is 0 Å². The zero-order valence-electron chi connectivity index (χ0n) is 12.6. The van der Waals surface area contributed by atoms with E-state index in [2.05, 4.69) is 23.2 Å². The van der Waals surface area contributed by atoms with Gasteiger partial charge < -0.3 is 10.2 Å². The van der Waals surface area contributed by atoms with E-state index in [0.717, 1.165) is 12.0 Å². The van der Waals surface area contributed by atoms with Crippen LogP contribution in [0.15, 0.2) is 24.3 Å². The van der Waals surface area contributed by atoms with Crippen molar-refractivity contribution in [2.75, 3.05) is 13.1 Å². The van der Waals surface area contributed by atoms with Crippen LogP contribution >= 0.6 is 0 Å². The minimum Gasteiger partial charge on any atom is -0.352 e. The molecule has 1 fully saturated rings. The Hall–Kier alpha value is -1.86. The van der Waals surface area contributed by atoms with Crippen LogP contribution in [0.4, 0.5) is 0 Å². The van der Waals surface area contributed by atoms with E-state index >= 15 is 0 Å². The molecule has 1 atom stereocenters. The minimum absolute atomic E-state index is 0.102. The Kier molecular flexibility index (Phi) is 5.77. The number of amides is 1. The lowest BCUT2D eigenvalue weighted by atomic mass is 10.1. The molecule has 0 aliphatic carbocycles. The summed E-state index contributed by atoms with van der Waals surface area (Å²) >= 11 is 0. The molecule has 21 heavy (non-hydrogen) atoms. The molecule has 0 spiro atoms. The Bertz CT molecular complexity index is 498. The first-order valence-corrected chi connectivity index (χ1v) is 7.69. The first-order chi connectivity index (χ1) is 10.2. The Morgan fingerprint density at radius 2 is 2.00 bits per heavy atom. The predicted molar refractivity (Wildman–Crippen MR) is 82.5 cm³/mol. The average Bonchev–Trinajstić information content (AvgIpc) is 3.05. The second-order valence-electron chi connectivity index (χ2n) is 5.72. The van der Waals surface area contributed by atoms with E-state index < -0.39 is 0 Å². The van der Waals surface area contributed by atoms with E-state index in [4.69, 9.17) is 5.26 Å². The molecule has 0 radical (unpaired) electrons. The molecule has 4 nitrogen and oxygen atoms in total. The van der Waals surface area contributed by atoms with Crippen LogP contribution in [0, 0.1) is 11.3 Å². The molecule has 1 heterocycles. The van der Waals surface area contributed by atoms with Gasteiger partial charge in [-0.2, -0.15) is 5.26 Å². The van der Waals surface area contributed by atoms with Gasteiger partial charge in [0.1, 0.15) is 0 Å². The monoisotopic (exact) mass is 285 g/mol. The lowest BCUT2D eigenvalue weighted by Gasteiger charge is -2.23. The number of carbonyl (C=O) groups excluding carboxylic acids is 1. The Balaban J connectivity index is 1.68. The van der Waals surface area contributed by atoms with Gasteiger partial charge in [-0.05, 0) is 57.0 Å². The van der Waals surface area contributed by atoms with Crippen LogP contribution in [-0.2, 0) is 11.3 Å². The number of likely N-dealkylation sites (tertiary alicyclic amines) is 1. The highest BCUT2D eigenvalue weighted by Crippen LogP contribution is 2.14. The Labute approximate surface area is 126 Å². The summed E-state index contributed by atoms with van der Waals surface area (Å²) in [5, 5.41) is 11.7. The normalized spacial score (nSPS) is 16.4. The molecule has 1 N–H and O–H groups in total. The molecule has 0 saturated carbocycles. The number of rotatable bonds is 6. The molecule has 112 valence electrons. The van der Waals surface area contributed by atoms with Gasteiger partial charge in [0.15, 0.2) is 0 Å². The summed E-state index contributed by atoms with van der Waals surface area (Å²) in [6, 6.07) is 9.89. The zero-order chi connectivity index (χ0) is 15.1. The van der Waals surface area contributed by atoms with E-state index in [1.807, 2.05) is 12.1 Å². The van der Waals surface area contributed by atoms with Crippen LogP contribution in [0.25, 0.3) is 0 Å². The first-order valence-electron chi connectivity index (χ1n) is 7.69. The van der Waals surface area contributed by atoms with Gasteiger partial charge in [-0.1, -0.05) is 12.1 Å². The second-order valence-corrected chi connectivity index (χ2v) is 5.72. The van der Waals surface area contributed by atoms with Crippen molar-refractivity contribution in [3.63, 3.8) is 0 Å². The standard InChI is InChI=1S/C17H23N3O/c1-14(20-10-2-3-11-20)4-9-17(21)19-13-16-7-5-15(12-18)6-8-16/h5-8,14H,2-4,9-11,13H2,1H3,(H,19,21). The van der Waals surface area contributed by atoms with Gasteiger partial charge in [0, 0.05) is 19.0 Å². The highest BCUT2D eigenvalue weighted by molar-refractivity contribution is 5.75. The fourth-order valence-electron chi connectivity index (χ4n) is 2.69. The molecule has 0 aromatic heterocycles. The molecular weight excluding hydrogens is 262 g/mol. The van der Waals surface area contributed by atoms with Crippen LogP contribution in [0.3, 0.4) is 0 Å². The summed E-state index contributed by atoms with van der Waals surface area (Å²) < 4.78 is 0. The van der Waals surface area contributed by atoms with E-state index in [9.17, 15) is 4.79 Å². The highest BCUT2D eigenvalue weighted by Gasteiger charge is 2.18. The van der Waals surface area contributed by atoms with Crippen molar-refractivity contribution in [3.05, 3.63) is 35.4 Å². The largest absolute Gasteiger partial charge is 0.352 e. The van der Waals surface area contributed by atoms with E-state index in [1.54, 1.807) is 12.1 Å². The lowest BCUT2D eigenvalue weighted by Crippen LogP contribution is -2.32. The number of nitrogens with one attached hydrogen (secondary N) is 1. The van der Waals surface area contributed by atoms with Crippen molar-refractivity contribution in [2.45, 2.75) is 45.2 Å². The van der Waals surface area contributed by atoms with Gasteiger partial charge >= 0.3 is 0 Å². The molecule has 1 saturated heterocycles. The summed E-state index contributed by atoms with van der Waals surface area (Å²) in [5.41, 5.74) is 1.67. The summed E-state index contributed by atoms with van der Waals surface area (Å²) in [4.78, 5) is 14.3. The number of carbonyl (C=O) groups is 1. The molecule has 2 rings (SSSR count). The average molecular weight is 285 g/mol. The van der Waals surface area contributed by atoms with Crippen molar-refractivity contribution < 1.29 is 4.79 Å². The van der Waals surface area contributed by atoms with Crippen LogP contribution in [0.1, 0.15) is 43.7 Å². The molecule has 0 bridgehead atoms. The van der Waals surface area contributed by atoms with Gasteiger partial charge in [-0.3, -0.25) is 4.79 Å². The van der Waals surface area contributed by atoms with Crippen molar-refractivity contribution in [3.8, 4) is 6.07 Å². The smallest absolute Gasteiger partial charge is 0.220 e. The van der Waals surface area contributed by atoms with Gasteiger partial charge in [-0.25, -0.2) is 0 Å². The molecule has 1 aromatic carbocycles. The van der Waals surface area contributed by atoms with E-state index in [0.29, 0.717) is 24.6 Å². The highest BCUT2D eigenvalue weighted by atomic mass is 16.1.